The Morgan fingerprint density at radius 1 is 0.292 bits per heavy atom. The van der Waals surface area contributed by atoms with Crippen molar-refractivity contribution in [2.24, 2.45) is 0 Å². The predicted octanol–water partition coefficient (Wildman–Crippen LogP) is 11.1. The summed E-state index contributed by atoms with van der Waals surface area (Å²) in [7, 11) is 0. The fraction of sp³-hybridized carbons (Fsp3) is 0. The Bertz CT molecular complexity index is 2580. The van der Waals surface area contributed by atoms with E-state index in [9.17, 15) is 0 Å². The number of pyridine rings is 1. The molecule has 0 aliphatic rings. The number of hydrogen-bond acceptors (Lipinski definition) is 4. The minimum absolute atomic E-state index is 0.635. The summed E-state index contributed by atoms with van der Waals surface area (Å²) in [5.74, 6) is 1.92. The van der Waals surface area contributed by atoms with Crippen LogP contribution in [0.4, 0.5) is 0 Å². The summed E-state index contributed by atoms with van der Waals surface area (Å²) in [4.78, 5) is 19.1. The zero-order valence-electron chi connectivity index (χ0n) is 26.0. The highest BCUT2D eigenvalue weighted by atomic mass is 15.0. The van der Waals surface area contributed by atoms with Gasteiger partial charge in [0.2, 0.25) is 0 Å². The molecule has 9 aromatic rings. The topological polar surface area (TPSA) is 51.6 Å². The predicted molar refractivity (Wildman–Crippen MR) is 197 cm³/mol. The molecule has 2 heterocycles. The van der Waals surface area contributed by atoms with Crippen LogP contribution in [-0.4, -0.2) is 19.9 Å². The first-order valence-corrected chi connectivity index (χ1v) is 16.0. The van der Waals surface area contributed by atoms with Crippen molar-refractivity contribution in [3.63, 3.8) is 0 Å². The SMILES string of the molecule is c1ccc(-c2nc(-c3ccc(-c4ccncc4)cc3)nc(-c3ccc(-c4c5ccccc5cc5c4ccc4ccccc45)cc3)n2)cc1. The van der Waals surface area contributed by atoms with Crippen LogP contribution in [0.5, 0.6) is 0 Å². The molecule has 0 N–H and O–H groups in total. The summed E-state index contributed by atoms with van der Waals surface area (Å²) in [6, 6.07) is 55.2. The quantitative estimate of drug-likeness (QED) is 0.143. The van der Waals surface area contributed by atoms with Crippen molar-refractivity contribution < 1.29 is 0 Å². The van der Waals surface area contributed by atoms with E-state index in [1.54, 1.807) is 0 Å². The molecule has 9 rings (SSSR count). The van der Waals surface area contributed by atoms with E-state index >= 15 is 0 Å². The molecule has 4 heteroatoms. The number of aromatic nitrogens is 4. The fourth-order valence-corrected chi connectivity index (χ4v) is 6.62. The Labute approximate surface area is 278 Å². The third kappa shape index (κ3) is 4.97. The summed E-state index contributed by atoms with van der Waals surface area (Å²) in [6.45, 7) is 0. The van der Waals surface area contributed by atoms with E-state index in [1.807, 2.05) is 54.9 Å². The molecule has 2 aromatic heterocycles. The first-order chi connectivity index (χ1) is 23.8. The lowest BCUT2D eigenvalue weighted by Gasteiger charge is -2.14. The Kier molecular flexibility index (Phi) is 6.76. The van der Waals surface area contributed by atoms with E-state index in [0.717, 1.165) is 33.4 Å². The summed E-state index contributed by atoms with van der Waals surface area (Å²) in [5, 5.41) is 7.47. The zero-order chi connectivity index (χ0) is 31.9. The van der Waals surface area contributed by atoms with E-state index in [1.165, 1.54) is 37.9 Å². The van der Waals surface area contributed by atoms with Gasteiger partial charge in [-0.1, -0.05) is 140 Å². The Hall–Kier alpha value is -6.52. The monoisotopic (exact) mass is 612 g/mol. The maximum atomic E-state index is 5.01. The maximum absolute atomic E-state index is 5.01. The molecule has 224 valence electrons. The van der Waals surface area contributed by atoms with Crippen molar-refractivity contribution in [3.05, 3.63) is 170 Å². The van der Waals surface area contributed by atoms with Crippen molar-refractivity contribution in [2.75, 3.05) is 0 Å². The molecule has 0 aliphatic carbocycles. The number of hydrogen-bond donors (Lipinski definition) is 0. The van der Waals surface area contributed by atoms with Crippen LogP contribution < -0.4 is 0 Å². The van der Waals surface area contributed by atoms with Gasteiger partial charge in [-0.15, -0.1) is 0 Å². The van der Waals surface area contributed by atoms with Crippen molar-refractivity contribution in [3.8, 4) is 56.4 Å². The zero-order valence-corrected chi connectivity index (χ0v) is 26.0. The molecule has 0 amide bonds. The van der Waals surface area contributed by atoms with E-state index in [-0.39, 0.29) is 0 Å². The van der Waals surface area contributed by atoms with E-state index in [4.69, 9.17) is 15.0 Å². The van der Waals surface area contributed by atoms with E-state index in [0.29, 0.717) is 17.5 Å². The molecule has 0 atom stereocenters. The second kappa shape index (κ2) is 11.7. The summed E-state index contributed by atoms with van der Waals surface area (Å²) >= 11 is 0. The molecule has 0 spiro atoms. The van der Waals surface area contributed by atoms with Crippen LogP contribution in [0.25, 0.3) is 88.7 Å². The van der Waals surface area contributed by atoms with Crippen molar-refractivity contribution in [1.29, 1.82) is 0 Å². The van der Waals surface area contributed by atoms with Crippen molar-refractivity contribution in [1.82, 2.24) is 19.9 Å². The van der Waals surface area contributed by atoms with Gasteiger partial charge in [0.1, 0.15) is 0 Å². The van der Waals surface area contributed by atoms with Crippen LogP contribution in [0.2, 0.25) is 0 Å². The lowest BCUT2D eigenvalue weighted by Crippen LogP contribution is -2.00. The van der Waals surface area contributed by atoms with Gasteiger partial charge < -0.3 is 0 Å². The second-order valence-corrected chi connectivity index (χ2v) is 11.9. The highest BCUT2D eigenvalue weighted by Crippen LogP contribution is 2.40. The molecule has 0 radical (unpaired) electrons. The average Bonchev–Trinajstić information content (AvgIpc) is 3.17. The summed E-state index contributed by atoms with van der Waals surface area (Å²) < 4.78 is 0. The van der Waals surface area contributed by atoms with Crippen LogP contribution in [0.1, 0.15) is 0 Å². The van der Waals surface area contributed by atoms with Gasteiger partial charge in [-0.25, -0.2) is 15.0 Å². The standard InChI is InChI=1S/C44H28N4/c1-2-9-33(10-3-1)42-46-43(34-18-14-29(15-19-34)30-24-26-45-27-25-30)48-44(47-42)35-20-16-32(17-21-35)41-38-13-7-5-11-36(38)28-40-37-12-6-4-8-31(37)22-23-39(40)41/h1-28H. The second-order valence-electron chi connectivity index (χ2n) is 11.9. The Morgan fingerprint density at radius 2 is 0.792 bits per heavy atom. The van der Waals surface area contributed by atoms with Gasteiger partial charge in [-0.05, 0) is 72.8 Å². The van der Waals surface area contributed by atoms with Crippen LogP contribution in [0.15, 0.2) is 170 Å². The fourth-order valence-electron chi connectivity index (χ4n) is 6.62. The van der Waals surface area contributed by atoms with Gasteiger partial charge in [0, 0.05) is 29.1 Å². The number of nitrogens with zero attached hydrogens (tertiary/aromatic N) is 4. The highest BCUT2D eigenvalue weighted by Gasteiger charge is 2.15. The largest absolute Gasteiger partial charge is 0.265 e. The van der Waals surface area contributed by atoms with E-state index < -0.39 is 0 Å². The molecule has 0 saturated heterocycles. The smallest absolute Gasteiger partial charge is 0.164 e. The normalized spacial score (nSPS) is 11.3. The molecular weight excluding hydrogens is 585 g/mol. The van der Waals surface area contributed by atoms with Crippen LogP contribution in [0.3, 0.4) is 0 Å². The molecule has 4 nitrogen and oxygen atoms in total. The Balaban J connectivity index is 1.17. The minimum atomic E-state index is 0.635. The average molecular weight is 613 g/mol. The minimum Gasteiger partial charge on any atom is -0.265 e. The van der Waals surface area contributed by atoms with Crippen molar-refractivity contribution in [2.45, 2.75) is 0 Å². The van der Waals surface area contributed by atoms with Crippen molar-refractivity contribution >= 4 is 32.3 Å². The molecule has 7 aromatic carbocycles. The third-order valence-electron chi connectivity index (χ3n) is 9.03. The van der Waals surface area contributed by atoms with Gasteiger partial charge in [0.05, 0.1) is 0 Å². The van der Waals surface area contributed by atoms with Crippen LogP contribution in [-0.2, 0) is 0 Å². The van der Waals surface area contributed by atoms with Gasteiger partial charge in [-0.2, -0.15) is 0 Å². The molecule has 0 aliphatic heterocycles. The summed E-state index contributed by atoms with van der Waals surface area (Å²) in [6.07, 6.45) is 3.62. The lowest BCUT2D eigenvalue weighted by molar-refractivity contribution is 1.07. The first kappa shape index (κ1) is 27.8. The third-order valence-corrected chi connectivity index (χ3v) is 9.03. The molecule has 0 unspecified atom stereocenters. The number of fused-ring (bicyclic) bond motifs is 4. The van der Waals surface area contributed by atoms with Gasteiger partial charge in [0.25, 0.3) is 0 Å². The number of benzene rings is 7. The molecular formula is C44H28N4. The van der Waals surface area contributed by atoms with Crippen LogP contribution in [0, 0.1) is 0 Å². The first-order valence-electron chi connectivity index (χ1n) is 16.0. The van der Waals surface area contributed by atoms with Gasteiger partial charge in [-0.3, -0.25) is 4.98 Å². The Morgan fingerprint density at radius 3 is 1.46 bits per heavy atom. The molecule has 48 heavy (non-hydrogen) atoms. The lowest BCUT2D eigenvalue weighted by atomic mass is 9.89. The maximum Gasteiger partial charge on any atom is 0.164 e. The molecule has 0 bridgehead atoms. The van der Waals surface area contributed by atoms with E-state index in [2.05, 4.69) is 120 Å². The van der Waals surface area contributed by atoms with Crippen LogP contribution >= 0.6 is 0 Å². The van der Waals surface area contributed by atoms with Gasteiger partial charge in [0.15, 0.2) is 17.5 Å². The molecule has 0 saturated carbocycles. The molecule has 0 fully saturated rings. The summed E-state index contributed by atoms with van der Waals surface area (Å²) in [5.41, 5.74) is 7.43. The van der Waals surface area contributed by atoms with Gasteiger partial charge >= 0.3 is 0 Å². The highest BCUT2D eigenvalue weighted by molar-refractivity contribution is 6.20. The number of rotatable bonds is 5.